The molecule has 1 unspecified atom stereocenters. The fourth-order valence-electron chi connectivity index (χ4n) is 2.23. The molecule has 15 heavy (non-hydrogen) atoms. The van der Waals surface area contributed by atoms with Crippen LogP contribution in [0.4, 0.5) is 0 Å². The summed E-state index contributed by atoms with van der Waals surface area (Å²) in [6.07, 6.45) is 3.47. The Hall–Kier alpha value is -0.450. The monoisotopic (exact) mass is 223 g/mol. The number of thiazole rings is 1. The Bertz CT molecular complexity index is 370. The average molecular weight is 223 g/mol. The van der Waals surface area contributed by atoms with Gasteiger partial charge in [-0.3, -0.25) is 0 Å². The summed E-state index contributed by atoms with van der Waals surface area (Å²) in [7, 11) is 2.18. The Morgan fingerprint density at radius 2 is 2.40 bits per heavy atom. The third-order valence-electron chi connectivity index (χ3n) is 3.56. The van der Waals surface area contributed by atoms with Gasteiger partial charge in [0.25, 0.3) is 0 Å². The van der Waals surface area contributed by atoms with Crippen LogP contribution in [0.1, 0.15) is 35.9 Å². The highest BCUT2D eigenvalue weighted by Crippen LogP contribution is 2.43. The third-order valence-corrected chi connectivity index (χ3v) is 4.57. The van der Waals surface area contributed by atoms with Gasteiger partial charge in [-0.1, -0.05) is 0 Å². The SMILES string of the molecule is CN1CCC(c2nc(C3(N)CC3)cs2)C1. The Morgan fingerprint density at radius 3 is 3.00 bits per heavy atom. The van der Waals surface area contributed by atoms with Crippen LogP contribution in [-0.2, 0) is 5.54 Å². The van der Waals surface area contributed by atoms with Crippen molar-refractivity contribution in [3.63, 3.8) is 0 Å². The molecule has 1 aliphatic carbocycles. The highest BCUT2D eigenvalue weighted by atomic mass is 32.1. The minimum absolute atomic E-state index is 0.0563. The Kier molecular flexibility index (Phi) is 2.13. The lowest BCUT2D eigenvalue weighted by atomic mass is 10.1. The van der Waals surface area contributed by atoms with E-state index in [-0.39, 0.29) is 5.54 Å². The van der Waals surface area contributed by atoms with Gasteiger partial charge in [-0.05, 0) is 32.9 Å². The summed E-state index contributed by atoms with van der Waals surface area (Å²) >= 11 is 1.80. The number of rotatable bonds is 2. The molecule has 0 aromatic carbocycles. The van der Waals surface area contributed by atoms with Crippen molar-refractivity contribution in [2.45, 2.75) is 30.7 Å². The second kappa shape index (κ2) is 3.27. The summed E-state index contributed by atoms with van der Waals surface area (Å²) in [6.45, 7) is 2.36. The van der Waals surface area contributed by atoms with E-state index in [4.69, 9.17) is 10.7 Å². The van der Waals surface area contributed by atoms with Gasteiger partial charge in [-0.25, -0.2) is 4.98 Å². The molecule has 3 nitrogen and oxygen atoms in total. The fourth-order valence-corrected chi connectivity index (χ4v) is 3.29. The van der Waals surface area contributed by atoms with Crippen molar-refractivity contribution in [1.29, 1.82) is 0 Å². The summed E-state index contributed by atoms with van der Waals surface area (Å²) < 4.78 is 0. The molecule has 1 saturated carbocycles. The maximum absolute atomic E-state index is 6.14. The molecule has 0 radical (unpaired) electrons. The van der Waals surface area contributed by atoms with Gasteiger partial charge in [0.05, 0.1) is 16.2 Å². The molecule has 2 heterocycles. The highest BCUT2D eigenvalue weighted by Gasteiger charge is 2.42. The van der Waals surface area contributed by atoms with Crippen LogP contribution in [0, 0.1) is 0 Å². The molecular formula is C11H17N3S. The van der Waals surface area contributed by atoms with Gasteiger partial charge in [0, 0.05) is 17.8 Å². The molecule has 1 aromatic heterocycles. The van der Waals surface area contributed by atoms with Crippen LogP contribution in [0.15, 0.2) is 5.38 Å². The first-order valence-corrected chi connectivity index (χ1v) is 6.49. The molecule has 4 heteroatoms. The van der Waals surface area contributed by atoms with Crippen LogP contribution >= 0.6 is 11.3 Å². The Morgan fingerprint density at radius 1 is 1.60 bits per heavy atom. The standard InChI is InChI=1S/C11H17N3S/c1-14-5-2-8(6-14)10-13-9(7-15-10)11(12)3-4-11/h7-8H,2-6,12H2,1H3. The zero-order valence-electron chi connectivity index (χ0n) is 9.07. The minimum Gasteiger partial charge on any atom is -0.320 e. The molecule has 1 aliphatic heterocycles. The number of likely N-dealkylation sites (tertiary alicyclic amines) is 1. The molecule has 1 aromatic rings. The van der Waals surface area contributed by atoms with Gasteiger partial charge in [-0.15, -0.1) is 11.3 Å². The second-order valence-corrected chi connectivity index (χ2v) is 5.86. The van der Waals surface area contributed by atoms with Crippen LogP contribution in [-0.4, -0.2) is 30.0 Å². The highest BCUT2D eigenvalue weighted by molar-refractivity contribution is 7.09. The molecule has 2 aliphatic rings. The lowest BCUT2D eigenvalue weighted by molar-refractivity contribution is 0.411. The van der Waals surface area contributed by atoms with E-state index in [1.54, 1.807) is 11.3 Å². The first kappa shape index (κ1) is 9.75. The second-order valence-electron chi connectivity index (χ2n) is 4.97. The molecule has 3 rings (SSSR count). The molecule has 2 N–H and O–H groups in total. The van der Waals surface area contributed by atoms with Crippen LogP contribution in [0.2, 0.25) is 0 Å². The summed E-state index contributed by atoms with van der Waals surface area (Å²) in [5, 5.41) is 3.46. The number of likely N-dealkylation sites (N-methyl/N-ethyl adjacent to an activating group) is 1. The van der Waals surface area contributed by atoms with Crippen molar-refractivity contribution in [1.82, 2.24) is 9.88 Å². The number of nitrogens with two attached hydrogens (primary N) is 1. The van der Waals surface area contributed by atoms with Gasteiger partial charge < -0.3 is 10.6 Å². The predicted octanol–water partition coefficient (Wildman–Crippen LogP) is 1.51. The normalized spacial score (nSPS) is 29.6. The van der Waals surface area contributed by atoms with E-state index >= 15 is 0 Å². The number of aromatic nitrogens is 1. The van der Waals surface area contributed by atoms with Crippen molar-refractivity contribution in [3.8, 4) is 0 Å². The van der Waals surface area contributed by atoms with Crippen molar-refractivity contribution in [2.24, 2.45) is 5.73 Å². The van der Waals surface area contributed by atoms with E-state index < -0.39 is 0 Å². The van der Waals surface area contributed by atoms with E-state index in [9.17, 15) is 0 Å². The van der Waals surface area contributed by atoms with Gasteiger partial charge in [0.1, 0.15) is 0 Å². The number of nitrogens with zero attached hydrogens (tertiary/aromatic N) is 2. The van der Waals surface area contributed by atoms with E-state index in [2.05, 4.69) is 17.3 Å². The summed E-state index contributed by atoms with van der Waals surface area (Å²) in [5.41, 5.74) is 7.22. The van der Waals surface area contributed by atoms with E-state index in [1.165, 1.54) is 18.0 Å². The average Bonchev–Trinajstić information content (AvgIpc) is 2.72. The summed E-state index contributed by atoms with van der Waals surface area (Å²) in [5.74, 6) is 0.649. The minimum atomic E-state index is -0.0563. The van der Waals surface area contributed by atoms with E-state index in [0.717, 1.165) is 25.1 Å². The third kappa shape index (κ3) is 1.71. The van der Waals surface area contributed by atoms with Crippen molar-refractivity contribution >= 4 is 11.3 Å². The first-order chi connectivity index (χ1) is 7.17. The van der Waals surface area contributed by atoms with Crippen LogP contribution in [0.3, 0.4) is 0 Å². The zero-order valence-corrected chi connectivity index (χ0v) is 9.89. The van der Waals surface area contributed by atoms with Gasteiger partial charge in [0.15, 0.2) is 0 Å². The Labute approximate surface area is 94.3 Å². The number of hydrogen-bond acceptors (Lipinski definition) is 4. The van der Waals surface area contributed by atoms with Gasteiger partial charge >= 0.3 is 0 Å². The molecule has 0 amide bonds. The fraction of sp³-hybridized carbons (Fsp3) is 0.727. The molecule has 1 atom stereocenters. The maximum Gasteiger partial charge on any atom is 0.0973 e. The lowest BCUT2D eigenvalue weighted by Gasteiger charge is -2.07. The van der Waals surface area contributed by atoms with Crippen LogP contribution in [0.25, 0.3) is 0 Å². The summed E-state index contributed by atoms with van der Waals surface area (Å²) in [6, 6.07) is 0. The van der Waals surface area contributed by atoms with Crippen LogP contribution in [0.5, 0.6) is 0 Å². The smallest absolute Gasteiger partial charge is 0.0973 e. The summed E-state index contributed by atoms with van der Waals surface area (Å²) in [4.78, 5) is 7.10. The lowest BCUT2D eigenvalue weighted by Crippen LogP contribution is -2.19. The van der Waals surface area contributed by atoms with Crippen molar-refractivity contribution in [3.05, 3.63) is 16.1 Å². The van der Waals surface area contributed by atoms with Gasteiger partial charge in [-0.2, -0.15) is 0 Å². The topological polar surface area (TPSA) is 42.2 Å². The van der Waals surface area contributed by atoms with Crippen molar-refractivity contribution < 1.29 is 0 Å². The van der Waals surface area contributed by atoms with E-state index in [0.29, 0.717) is 5.92 Å². The zero-order chi connectivity index (χ0) is 10.5. The maximum atomic E-state index is 6.14. The molecule has 1 saturated heterocycles. The van der Waals surface area contributed by atoms with Gasteiger partial charge in [0.2, 0.25) is 0 Å². The largest absolute Gasteiger partial charge is 0.320 e. The molecular weight excluding hydrogens is 206 g/mol. The first-order valence-electron chi connectivity index (χ1n) is 5.61. The van der Waals surface area contributed by atoms with Crippen LogP contribution < -0.4 is 5.73 Å². The molecule has 2 fully saturated rings. The predicted molar refractivity (Wildman–Crippen MR) is 62.1 cm³/mol. The quantitative estimate of drug-likeness (QED) is 0.826. The van der Waals surface area contributed by atoms with E-state index in [1.807, 2.05) is 0 Å². The number of hydrogen-bond donors (Lipinski definition) is 1. The molecule has 0 bridgehead atoms. The molecule has 82 valence electrons. The van der Waals surface area contributed by atoms with Crippen molar-refractivity contribution in [2.75, 3.05) is 20.1 Å². The Balaban J connectivity index is 1.79. The molecule has 0 spiro atoms.